The fourth-order valence-corrected chi connectivity index (χ4v) is 2.11. The Hall–Kier alpha value is -0.660. The van der Waals surface area contributed by atoms with Gasteiger partial charge in [0.15, 0.2) is 0 Å². The van der Waals surface area contributed by atoms with E-state index in [1.54, 1.807) is 18.9 Å². The third-order valence-electron chi connectivity index (χ3n) is 3.08. The molecular formula is C10H21NO5S. The Morgan fingerprint density at radius 2 is 1.88 bits per heavy atom. The Morgan fingerprint density at radius 1 is 1.41 bits per heavy atom. The lowest BCUT2D eigenvalue weighted by molar-refractivity contribution is -0.151. The molecule has 0 saturated heterocycles. The highest BCUT2D eigenvalue weighted by molar-refractivity contribution is 7.85. The van der Waals surface area contributed by atoms with Crippen LogP contribution in [0, 0.1) is 0 Å². The molecule has 0 fully saturated rings. The van der Waals surface area contributed by atoms with E-state index < -0.39 is 27.4 Å². The van der Waals surface area contributed by atoms with Crippen LogP contribution in [0.25, 0.3) is 0 Å². The maximum absolute atomic E-state index is 11.3. The first kappa shape index (κ1) is 16.3. The number of hydrogen-bond acceptors (Lipinski definition) is 4. The Morgan fingerprint density at radius 3 is 2.18 bits per heavy atom. The second-order valence-corrected chi connectivity index (χ2v) is 6.25. The lowest BCUT2D eigenvalue weighted by atomic mass is 9.93. The standard InChI is InChI=1S/C10H21NO5S/c1-8(2)11(4)10(3,9(12)13)6-5-7-17(14,15)16/h8H,5-7H2,1-4H3,(H,12,13)(H,14,15,16). The van der Waals surface area contributed by atoms with Gasteiger partial charge in [-0.1, -0.05) is 0 Å². The molecule has 0 bridgehead atoms. The predicted octanol–water partition coefficient (Wildman–Crippen LogP) is 0.838. The third kappa shape index (κ3) is 5.01. The van der Waals surface area contributed by atoms with E-state index >= 15 is 0 Å². The summed E-state index contributed by atoms with van der Waals surface area (Å²) in [6.07, 6.45) is 0.273. The predicted molar refractivity (Wildman–Crippen MR) is 64.6 cm³/mol. The van der Waals surface area contributed by atoms with Gasteiger partial charge in [0.05, 0.1) is 5.75 Å². The molecule has 102 valence electrons. The summed E-state index contributed by atoms with van der Waals surface area (Å²) in [5.41, 5.74) is -1.13. The van der Waals surface area contributed by atoms with Crippen LogP contribution in [-0.4, -0.2) is 53.3 Å². The first-order chi connectivity index (χ1) is 7.50. The lowest BCUT2D eigenvalue weighted by Gasteiger charge is -2.37. The number of likely N-dealkylation sites (N-methyl/N-ethyl adjacent to an activating group) is 1. The molecule has 0 amide bonds. The van der Waals surface area contributed by atoms with Crippen LogP contribution in [0.4, 0.5) is 0 Å². The SMILES string of the molecule is CC(C)N(C)C(C)(CCCS(=O)(=O)O)C(=O)O. The summed E-state index contributed by atoms with van der Waals surface area (Å²) in [7, 11) is -2.34. The van der Waals surface area contributed by atoms with Crippen LogP contribution in [0.1, 0.15) is 33.6 Å². The first-order valence-electron chi connectivity index (χ1n) is 5.42. The zero-order valence-corrected chi connectivity index (χ0v) is 11.5. The van der Waals surface area contributed by atoms with Crippen molar-refractivity contribution in [2.45, 2.75) is 45.2 Å². The molecule has 2 N–H and O–H groups in total. The number of aliphatic carboxylic acids is 1. The van der Waals surface area contributed by atoms with Crippen LogP contribution in [-0.2, 0) is 14.9 Å². The largest absolute Gasteiger partial charge is 0.480 e. The third-order valence-corrected chi connectivity index (χ3v) is 3.88. The Balaban J connectivity index is 4.70. The maximum Gasteiger partial charge on any atom is 0.323 e. The maximum atomic E-state index is 11.3. The fraction of sp³-hybridized carbons (Fsp3) is 0.900. The number of carbonyl (C=O) groups is 1. The number of carboxylic acids is 1. The molecule has 0 aromatic rings. The van der Waals surface area contributed by atoms with E-state index in [-0.39, 0.29) is 18.9 Å². The average Bonchev–Trinajstić information content (AvgIpc) is 2.13. The van der Waals surface area contributed by atoms with E-state index in [2.05, 4.69) is 0 Å². The zero-order valence-electron chi connectivity index (χ0n) is 10.7. The minimum absolute atomic E-state index is 0.0295. The summed E-state index contributed by atoms with van der Waals surface area (Å²) in [6.45, 7) is 5.28. The van der Waals surface area contributed by atoms with Crippen molar-refractivity contribution < 1.29 is 22.9 Å². The molecule has 17 heavy (non-hydrogen) atoms. The monoisotopic (exact) mass is 267 g/mol. The molecule has 0 radical (unpaired) electrons. The molecule has 7 heteroatoms. The van der Waals surface area contributed by atoms with Crippen LogP contribution < -0.4 is 0 Å². The smallest absolute Gasteiger partial charge is 0.323 e. The van der Waals surface area contributed by atoms with Crippen LogP contribution >= 0.6 is 0 Å². The molecule has 0 heterocycles. The molecule has 6 nitrogen and oxygen atoms in total. The van der Waals surface area contributed by atoms with Crippen molar-refractivity contribution in [1.82, 2.24) is 4.90 Å². The fourth-order valence-electron chi connectivity index (χ4n) is 1.60. The van der Waals surface area contributed by atoms with Crippen LogP contribution in [0.2, 0.25) is 0 Å². The van der Waals surface area contributed by atoms with Crippen LogP contribution in [0.15, 0.2) is 0 Å². The normalized spacial score (nSPS) is 16.2. The van der Waals surface area contributed by atoms with Gasteiger partial charge < -0.3 is 5.11 Å². The van der Waals surface area contributed by atoms with Gasteiger partial charge in [-0.15, -0.1) is 0 Å². The topological polar surface area (TPSA) is 94.9 Å². The minimum atomic E-state index is -4.03. The summed E-state index contributed by atoms with van der Waals surface area (Å²) >= 11 is 0. The minimum Gasteiger partial charge on any atom is -0.480 e. The molecule has 0 aliphatic rings. The summed E-state index contributed by atoms with van der Waals surface area (Å²) in [6, 6.07) is 0.0295. The molecule has 0 aliphatic heterocycles. The summed E-state index contributed by atoms with van der Waals surface area (Å²) in [5, 5.41) is 9.23. The van der Waals surface area contributed by atoms with Gasteiger partial charge >= 0.3 is 5.97 Å². The van der Waals surface area contributed by atoms with Gasteiger partial charge in [0.1, 0.15) is 5.54 Å². The van der Waals surface area contributed by atoms with Crippen molar-refractivity contribution in [3.05, 3.63) is 0 Å². The van der Waals surface area contributed by atoms with Crippen molar-refractivity contribution >= 4 is 16.1 Å². The van der Waals surface area contributed by atoms with Crippen molar-refractivity contribution in [3.8, 4) is 0 Å². The number of nitrogens with zero attached hydrogens (tertiary/aromatic N) is 1. The Kier molecular flexibility index (Phi) is 5.57. The van der Waals surface area contributed by atoms with E-state index in [1.807, 2.05) is 13.8 Å². The molecule has 0 rings (SSSR count). The second-order valence-electron chi connectivity index (χ2n) is 4.67. The van der Waals surface area contributed by atoms with E-state index in [4.69, 9.17) is 4.55 Å². The van der Waals surface area contributed by atoms with Crippen LogP contribution in [0.3, 0.4) is 0 Å². The van der Waals surface area contributed by atoms with Crippen molar-refractivity contribution in [2.24, 2.45) is 0 Å². The Bertz CT molecular complexity index is 365. The van der Waals surface area contributed by atoms with E-state index in [0.29, 0.717) is 0 Å². The van der Waals surface area contributed by atoms with Crippen molar-refractivity contribution in [3.63, 3.8) is 0 Å². The van der Waals surface area contributed by atoms with Gasteiger partial charge in [0.25, 0.3) is 10.1 Å². The van der Waals surface area contributed by atoms with E-state index in [9.17, 15) is 18.3 Å². The molecule has 0 aromatic heterocycles. The van der Waals surface area contributed by atoms with Gasteiger partial charge in [0, 0.05) is 6.04 Å². The molecule has 0 aromatic carbocycles. The lowest BCUT2D eigenvalue weighted by Crippen LogP contribution is -2.53. The first-order valence-corrected chi connectivity index (χ1v) is 7.03. The van der Waals surface area contributed by atoms with E-state index in [0.717, 1.165) is 0 Å². The van der Waals surface area contributed by atoms with Gasteiger partial charge in [-0.3, -0.25) is 14.2 Å². The van der Waals surface area contributed by atoms with Gasteiger partial charge in [-0.05, 0) is 40.7 Å². The molecular weight excluding hydrogens is 246 g/mol. The second kappa shape index (κ2) is 5.79. The van der Waals surface area contributed by atoms with E-state index in [1.165, 1.54) is 0 Å². The summed E-state index contributed by atoms with van der Waals surface area (Å²) < 4.78 is 29.8. The molecule has 1 atom stereocenters. The highest BCUT2D eigenvalue weighted by Crippen LogP contribution is 2.23. The summed E-state index contributed by atoms with van der Waals surface area (Å²) in [5.74, 6) is -1.41. The summed E-state index contributed by atoms with van der Waals surface area (Å²) in [4.78, 5) is 12.9. The number of carboxylic acid groups (broad SMARTS) is 1. The number of hydrogen-bond donors (Lipinski definition) is 2. The molecule has 0 spiro atoms. The van der Waals surface area contributed by atoms with Gasteiger partial charge in [-0.25, -0.2) is 0 Å². The molecule has 1 unspecified atom stereocenters. The quantitative estimate of drug-likeness (QED) is 0.664. The molecule has 0 aliphatic carbocycles. The Labute approximate surface area is 102 Å². The van der Waals surface area contributed by atoms with Crippen LogP contribution in [0.5, 0.6) is 0 Å². The average molecular weight is 267 g/mol. The number of rotatable bonds is 7. The van der Waals surface area contributed by atoms with Gasteiger partial charge in [-0.2, -0.15) is 8.42 Å². The molecule has 0 saturated carbocycles. The highest BCUT2D eigenvalue weighted by atomic mass is 32.2. The van der Waals surface area contributed by atoms with Crippen molar-refractivity contribution in [2.75, 3.05) is 12.8 Å². The highest BCUT2D eigenvalue weighted by Gasteiger charge is 2.38. The van der Waals surface area contributed by atoms with Crippen molar-refractivity contribution in [1.29, 1.82) is 0 Å². The van der Waals surface area contributed by atoms with Gasteiger partial charge in [0.2, 0.25) is 0 Å². The zero-order chi connectivity index (χ0) is 13.9.